The molecule has 1 aliphatic heterocycles. The fourth-order valence-electron chi connectivity index (χ4n) is 4.44. The van der Waals surface area contributed by atoms with Gasteiger partial charge in [0.2, 0.25) is 0 Å². The van der Waals surface area contributed by atoms with E-state index in [2.05, 4.69) is 0 Å². The van der Waals surface area contributed by atoms with Gasteiger partial charge in [-0.05, 0) is 85.0 Å². The van der Waals surface area contributed by atoms with Crippen molar-refractivity contribution in [1.29, 1.82) is 0 Å². The maximum Gasteiger partial charge on any atom is 0.300 e. The van der Waals surface area contributed by atoms with Crippen molar-refractivity contribution < 1.29 is 24.2 Å². The highest BCUT2D eigenvalue weighted by atomic mass is 32.1. The highest BCUT2D eigenvalue weighted by Gasteiger charge is 2.47. The first-order valence-electron chi connectivity index (χ1n) is 12.4. The molecular weight excluding hydrogens is 498 g/mol. The van der Waals surface area contributed by atoms with Crippen LogP contribution in [0.4, 0.5) is 5.69 Å². The van der Waals surface area contributed by atoms with E-state index in [0.29, 0.717) is 29.4 Å². The predicted molar refractivity (Wildman–Crippen MR) is 149 cm³/mol. The number of thiophene rings is 1. The largest absolute Gasteiger partial charge is 0.507 e. The second-order valence-electron chi connectivity index (χ2n) is 8.92. The number of nitrogens with zero attached hydrogens (tertiary/aromatic N) is 1. The van der Waals surface area contributed by atoms with Gasteiger partial charge in [0, 0.05) is 16.1 Å². The third kappa shape index (κ3) is 4.93. The molecule has 1 fully saturated rings. The molecule has 4 aromatic rings. The highest BCUT2D eigenvalue weighted by molar-refractivity contribution is 7.10. The molecule has 1 atom stereocenters. The number of carbonyl (C=O) groups is 2. The molecule has 0 saturated carbocycles. The quantitative estimate of drug-likeness (QED) is 0.149. The van der Waals surface area contributed by atoms with E-state index >= 15 is 0 Å². The number of para-hydroxylation sites is 1. The summed E-state index contributed by atoms with van der Waals surface area (Å²) < 4.78 is 11.6. The van der Waals surface area contributed by atoms with Gasteiger partial charge in [-0.15, -0.1) is 11.3 Å². The van der Waals surface area contributed by atoms with Crippen molar-refractivity contribution >= 4 is 34.5 Å². The molecule has 1 unspecified atom stereocenters. The summed E-state index contributed by atoms with van der Waals surface area (Å²) in [6, 6.07) is 24.6. The Balaban J connectivity index is 1.52. The molecule has 7 heteroatoms. The van der Waals surface area contributed by atoms with E-state index < -0.39 is 17.7 Å². The Morgan fingerprint density at radius 1 is 0.947 bits per heavy atom. The fourth-order valence-corrected chi connectivity index (χ4v) is 5.26. The van der Waals surface area contributed by atoms with Crippen molar-refractivity contribution in [3.63, 3.8) is 0 Å². The molecule has 5 rings (SSSR count). The molecule has 1 N–H and O–H groups in total. The van der Waals surface area contributed by atoms with Crippen molar-refractivity contribution in [2.45, 2.75) is 26.3 Å². The van der Waals surface area contributed by atoms with E-state index in [1.165, 1.54) is 16.2 Å². The van der Waals surface area contributed by atoms with E-state index in [9.17, 15) is 14.7 Å². The van der Waals surface area contributed by atoms with Crippen LogP contribution in [0.2, 0.25) is 0 Å². The lowest BCUT2D eigenvalue weighted by Gasteiger charge is -2.24. The van der Waals surface area contributed by atoms with Crippen molar-refractivity contribution in [2.75, 3.05) is 11.5 Å². The zero-order valence-corrected chi connectivity index (χ0v) is 21.9. The Labute approximate surface area is 225 Å². The van der Waals surface area contributed by atoms with E-state index in [1.807, 2.05) is 61.7 Å². The molecule has 2 heterocycles. The van der Waals surface area contributed by atoms with E-state index in [-0.39, 0.29) is 11.3 Å². The summed E-state index contributed by atoms with van der Waals surface area (Å²) >= 11 is 1.42. The lowest BCUT2D eigenvalue weighted by molar-refractivity contribution is -0.132. The number of benzene rings is 3. The summed E-state index contributed by atoms with van der Waals surface area (Å²) in [5.41, 5.74) is 1.88. The van der Waals surface area contributed by atoms with Gasteiger partial charge in [-0.2, -0.15) is 0 Å². The summed E-state index contributed by atoms with van der Waals surface area (Å²) in [5, 5.41) is 13.3. The lowest BCUT2D eigenvalue weighted by atomic mass is 9.98. The summed E-state index contributed by atoms with van der Waals surface area (Å²) in [6.07, 6.45) is 0.880. The van der Waals surface area contributed by atoms with Crippen LogP contribution in [0.5, 0.6) is 17.2 Å². The lowest BCUT2D eigenvalue weighted by Crippen LogP contribution is -2.29. The van der Waals surface area contributed by atoms with Crippen LogP contribution in [0.1, 0.15) is 35.4 Å². The van der Waals surface area contributed by atoms with E-state index in [4.69, 9.17) is 9.47 Å². The number of carbonyl (C=O) groups excluding carboxylic acids is 2. The smallest absolute Gasteiger partial charge is 0.300 e. The number of aryl methyl sites for hydroxylation is 1. The number of aliphatic hydroxyl groups is 1. The first-order chi connectivity index (χ1) is 18.5. The molecule has 1 amide bonds. The first kappa shape index (κ1) is 25.3. The number of Topliss-reactive ketones (excluding diaryl/α,β-unsaturated/α-hetero) is 1. The zero-order valence-electron chi connectivity index (χ0n) is 21.1. The molecule has 1 saturated heterocycles. The Bertz CT molecular complexity index is 1480. The van der Waals surface area contributed by atoms with Gasteiger partial charge in [0.25, 0.3) is 11.7 Å². The van der Waals surface area contributed by atoms with Crippen LogP contribution >= 0.6 is 11.3 Å². The van der Waals surface area contributed by atoms with Gasteiger partial charge >= 0.3 is 0 Å². The summed E-state index contributed by atoms with van der Waals surface area (Å²) in [7, 11) is 0. The number of ketones is 1. The number of amides is 1. The number of hydrogen-bond acceptors (Lipinski definition) is 6. The second kappa shape index (κ2) is 10.9. The molecule has 1 aliphatic rings. The summed E-state index contributed by atoms with van der Waals surface area (Å²) in [4.78, 5) is 28.9. The Morgan fingerprint density at radius 3 is 2.34 bits per heavy atom. The number of rotatable bonds is 8. The summed E-state index contributed by atoms with van der Waals surface area (Å²) in [5.74, 6) is 0.386. The maximum atomic E-state index is 13.4. The monoisotopic (exact) mass is 525 g/mol. The Kier molecular flexibility index (Phi) is 7.29. The van der Waals surface area contributed by atoms with Gasteiger partial charge in [0.1, 0.15) is 29.0 Å². The van der Waals surface area contributed by atoms with Crippen LogP contribution < -0.4 is 14.4 Å². The van der Waals surface area contributed by atoms with Crippen molar-refractivity contribution in [1.82, 2.24) is 0 Å². The second-order valence-corrected chi connectivity index (χ2v) is 9.90. The molecule has 0 radical (unpaired) electrons. The third-order valence-electron chi connectivity index (χ3n) is 6.26. The van der Waals surface area contributed by atoms with Crippen LogP contribution in [-0.2, 0) is 9.59 Å². The molecule has 0 aliphatic carbocycles. The molecule has 3 aromatic carbocycles. The predicted octanol–water partition coefficient (Wildman–Crippen LogP) is 7.26. The van der Waals surface area contributed by atoms with E-state index in [1.54, 1.807) is 42.5 Å². The standard InChI is InChI=1S/C31H27NO5S/c1-3-17-36-25-16-11-21(19-20(25)2)29(33)27-28(26-10-7-18-38-26)32(31(35)30(27)34)22-12-14-24(15-13-22)37-23-8-5-4-6-9-23/h4-16,18-19,28,33H,3,17H2,1-2H3/b29-27-. The number of anilines is 1. The van der Waals surface area contributed by atoms with Gasteiger partial charge in [0.15, 0.2) is 0 Å². The van der Waals surface area contributed by atoms with Crippen LogP contribution in [-0.4, -0.2) is 23.4 Å². The maximum absolute atomic E-state index is 13.4. The Morgan fingerprint density at radius 2 is 1.68 bits per heavy atom. The van der Waals surface area contributed by atoms with Crippen LogP contribution in [0.3, 0.4) is 0 Å². The fraction of sp³-hybridized carbons (Fsp3) is 0.161. The minimum Gasteiger partial charge on any atom is -0.507 e. The van der Waals surface area contributed by atoms with Gasteiger partial charge in [-0.1, -0.05) is 31.2 Å². The molecule has 192 valence electrons. The van der Waals surface area contributed by atoms with E-state index in [0.717, 1.165) is 22.6 Å². The molecule has 0 bridgehead atoms. The number of ether oxygens (including phenoxy) is 2. The molecular formula is C31H27NO5S. The SMILES string of the molecule is CCCOc1ccc(/C(O)=C2/C(=O)C(=O)N(c3ccc(Oc4ccccc4)cc3)C2c2cccs2)cc1C. The van der Waals surface area contributed by atoms with Crippen LogP contribution in [0, 0.1) is 6.92 Å². The van der Waals surface area contributed by atoms with Crippen molar-refractivity contribution in [3.8, 4) is 17.2 Å². The van der Waals surface area contributed by atoms with Gasteiger partial charge in [-0.3, -0.25) is 14.5 Å². The van der Waals surface area contributed by atoms with Crippen molar-refractivity contribution in [2.24, 2.45) is 0 Å². The first-order valence-corrected chi connectivity index (χ1v) is 13.3. The minimum atomic E-state index is -0.757. The average molecular weight is 526 g/mol. The normalized spacial score (nSPS) is 16.6. The summed E-state index contributed by atoms with van der Waals surface area (Å²) in [6.45, 7) is 4.50. The number of hydrogen-bond donors (Lipinski definition) is 1. The molecule has 1 aromatic heterocycles. The van der Waals surface area contributed by atoms with Gasteiger partial charge in [-0.25, -0.2) is 0 Å². The average Bonchev–Trinajstić information content (AvgIpc) is 3.55. The van der Waals surface area contributed by atoms with Crippen LogP contribution in [0.15, 0.2) is 95.9 Å². The zero-order chi connectivity index (χ0) is 26.6. The molecule has 6 nitrogen and oxygen atoms in total. The van der Waals surface area contributed by atoms with Gasteiger partial charge < -0.3 is 14.6 Å². The highest BCUT2D eigenvalue weighted by Crippen LogP contribution is 2.44. The number of aliphatic hydroxyl groups excluding tert-OH is 1. The van der Waals surface area contributed by atoms with Gasteiger partial charge in [0.05, 0.1) is 12.2 Å². The topological polar surface area (TPSA) is 76.1 Å². The van der Waals surface area contributed by atoms with Crippen molar-refractivity contribution in [3.05, 3.63) is 112 Å². The Hall–Kier alpha value is -4.36. The molecule has 0 spiro atoms. The third-order valence-corrected chi connectivity index (χ3v) is 7.19. The van der Waals surface area contributed by atoms with Crippen LogP contribution in [0.25, 0.3) is 5.76 Å². The molecule has 38 heavy (non-hydrogen) atoms. The minimum absolute atomic E-state index is 0.0590.